The maximum atomic E-state index is 13.2. The van der Waals surface area contributed by atoms with Gasteiger partial charge < -0.3 is 19.7 Å². The summed E-state index contributed by atoms with van der Waals surface area (Å²) in [5.41, 5.74) is 1.19. The Morgan fingerprint density at radius 2 is 1.94 bits per heavy atom. The van der Waals surface area contributed by atoms with E-state index < -0.39 is 0 Å². The number of nitrogens with one attached hydrogen (secondary N) is 1. The van der Waals surface area contributed by atoms with Crippen LogP contribution in [-0.4, -0.2) is 43.0 Å². The van der Waals surface area contributed by atoms with E-state index in [4.69, 9.17) is 21.1 Å². The van der Waals surface area contributed by atoms with Gasteiger partial charge in [0.1, 0.15) is 0 Å². The average Bonchev–Trinajstić information content (AvgIpc) is 2.79. The number of para-hydroxylation sites is 1. The molecule has 1 fully saturated rings. The molecule has 1 unspecified atom stereocenters. The summed E-state index contributed by atoms with van der Waals surface area (Å²) < 4.78 is 11.4. The molecule has 0 spiro atoms. The van der Waals surface area contributed by atoms with Crippen LogP contribution < -0.4 is 14.8 Å². The van der Waals surface area contributed by atoms with Crippen molar-refractivity contribution in [3.8, 4) is 11.5 Å². The molecule has 166 valence electrons. The predicted molar refractivity (Wildman–Crippen MR) is 122 cm³/mol. The van der Waals surface area contributed by atoms with E-state index in [2.05, 4.69) is 5.32 Å². The topological polar surface area (TPSA) is 67.9 Å². The van der Waals surface area contributed by atoms with E-state index >= 15 is 0 Å². The second-order valence-electron chi connectivity index (χ2n) is 7.51. The van der Waals surface area contributed by atoms with Crippen LogP contribution in [0, 0.1) is 5.92 Å². The number of carbonyl (C=O) groups excluding carboxylic acids is 2. The monoisotopic (exact) mass is 444 g/mol. The minimum Gasteiger partial charge on any atom is -0.490 e. The number of ether oxygens (including phenoxy) is 2. The first kappa shape index (κ1) is 22.9. The zero-order valence-corrected chi connectivity index (χ0v) is 18.8. The SMILES string of the molecule is CCCOc1c(Cl)cc(C(=O)N2CCCC(C(=O)Nc3ccccc3)C2)cc1OCC. The van der Waals surface area contributed by atoms with E-state index in [0.29, 0.717) is 48.4 Å². The van der Waals surface area contributed by atoms with Gasteiger partial charge in [0.25, 0.3) is 5.91 Å². The first-order valence-corrected chi connectivity index (χ1v) is 11.2. The van der Waals surface area contributed by atoms with Crippen molar-refractivity contribution in [2.24, 2.45) is 5.92 Å². The normalized spacial score (nSPS) is 16.0. The van der Waals surface area contributed by atoms with Gasteiger partial charge in [-0.15, -0.1) is 0 Å². The van der Waals surface area contributed by atoms with Crippen LogP contribution >= 0.6 is 11.6 Å². The van der Waals surface area contributed by atoms with Gasteiger partial charge in [-0.2, -0.15) is 0 Å². The highest BCUT2D eigenvalue weighted by Gasteiger charge is 2.30. The summed E-state index contributed by atoms with van der Waals surface area (Å²) in [5.74, 6) is 0.428. The van der Waals surface area contributed by atoms with Crippen LogP contribution in [0.5, 0.6) is 11.5 Å². The van der Waals surface area contributed by atoms with E-state index in [1.54, 1.807) is 17.0 Å². The fourth-order valence-electron chi connectivity index (χ4n) is 3.62. The van der Waals surface area contributed by atoms with Crippen molar-refractivity contribution in [3.63, 3.8) is 0 Å². The Labute approximate surface area is 188 Å². The lowest BCUT2D eigenvalue weighted by molar-refractivity contribution is -0.121. The van der Waals surface area contributed by atoms with Crippen molar-refractivity contribution in [1.29, 1.82) is 0 Å². The Hall–Kier alpha value is -2.73. The lowest BCUT2D eigenvalue weighted by Crippen LogP contribution is -2.43. The fourth-order valence-corrected chi connectivity index (χ4v) is 3.89. The zero-order valence-electron chi connectivity index (χ0n) is 18.0. The van der Waals surface area contributed by atoms with Gasteiger partial charge in [-0.1, -0.05) is 36.7 Å². The molecule has 0 aromatic heterocycles. The minimum absolute atomic E-state index is 0.0694. The van der Waals surface area contributed by atoms with E-state index in [1.165, 1.54) is 0 Å². The number of anilines is 1. The fraction of sp³-hybridized carbons (Fsp3) is 0.417. The molecule has 31 heavy (non-hydrogen) atoms. The summed E-state index contributed by atoms with van der Waals surface area (Å²) >= 11 is 6.42. The Morgan fingerprint density at radius 3 is 2.65 bits per heavy atom. The third kappa shape index (κ3) is 5.91. The number of rotatable bonds is 8. The molecular formula is C24H29ClN2O4. The van der Waals surface area contributed by atoms with Gasteiger partial charge in [0.05, 0.1) is 24.2 Å². The summed E-state index contributed by atoms with van der Waals surface area (Å²) in [5, 5.41) is 3.28. The van der Waals surface area contributed by atoms with E-state index in [9.17, 15) is 9.59 Å². The molecule has 6 nitrogen and oxygen atoms in total. The molecule has 1 saturated heterocycles. The lowest BCUT2D eigenvalue weighted by Gasteiger charge is -2.32. The van der Waals surface area contributed by atoms with Gasteiger partial charge in [0, 0.05) is 24.3 Å². The number of carbonyl (C=O) groups is 2. The van der Waals surface area contributed by atoms with Gasteiger partial charge >= 0.3 is 0 Å². The van der Waals surface area contributed by atoms with Crippen LogP contribution in [0.25, 0.3) is 0 Å². The number of piperidine rings is 1. The van der Waals surface area contributed by atoms with Gasteiger partial charge in [0.15, 0.2) is 11.5 Å². The molecule has 1 N–H and O–H groups in total. The highest BCUT2D eigenvalue weighted by molar-refractivity contribution is 6.32. The Kier molecular flexibility index (Phi) is 8.18. The zero-order chi connectivity index (χ0) is 22.2. The maximum absolute atomic E-state index is 13.2. The van der Waals surface area contributed by atoms with Crippen LogP contribution in [0.3, 0.4) is 0 Å². The first-order chi connectivity index (χ1) is 15.0. The summed E-state index contributed by atoms with van der Waals surface area (Å²) in [4.78, 5) is 27.6. The summed E-state index contributed by atoms with van der Waals surface area (Å²) in [7, 11) is 0. The number of nitrogens with zero attached hydrogens (tertiary/aromatic N) is 1. The third-order valence-electron chi connectivity index (χ3n) is 5.13. The van der Waals surface area contributed by atoms with Gasteiger partial charge in [-0.3, -0.25) is 9.59 Å². The molecule has 1 aliphatic rings. The molecule has 2 aromatic carbocycles. The molecule has 2 aromatic rings. The quantitative estimate of drug-likeness (QED) is 0.620. The van der Waals surface area contributed by atoms with E-state index in [-0.39, 0.29) is 17.7 Å². The van der Waals surface area contributed by atoms with Crippen LogP contribution in [0.4, 0.5) is 5.69 Å². The smallest absolute Gasteiger partial charge is 0.254 e. The molecule has 0 radical (unpaired) electrons. The van der Waals surface area contributed by atoms with Crippen LogP contribution in [0.2, 0.25) is 5.02 Å². The summed E-state index contributed by atoms with van der Waals surface area (Å²) in [6.07, 6.45) is 2.35. The predicted octanol–water partition coefficient (Wildman–Crippen LogP) is 5.02. The van der Waals surface area contributed by atoms with Crippen molar-refractivity contribution in [1.82, 2.24) is 4.90 Å². The van der Waals surface area contributed by atoms with Crippen LogP contribution in [-0.2, 0) is 4.79 Å². The van der Waals surface area contributed by atoms with Gasteiger partial charge in [-0.25, -0.2) is 0 Å². The number of halogens is 1. The van der Waals surface area contributed by atoms with Crippen molar-refractivity contribution >= 4 is 29.1 Å². The molecule has 1 aliphatic heterocycles. The summed E-state index contributed by atoms with van der Waals surface area (Å²) in [6.45, 7) is 5.79. The molecule has 0 saturated carbocycles. The minimum atomic E-state index is -0.257. The van der Waals surface area contributed by atoms with Crippen molar-refractivity contribution in [2.75, 3.05) is 31.6 Å². The van der Waals surface area contributed by atoms with Crippen molar-refractivity contribution in [2.45, 2.75) is 33.1 Å². The molecule has 7 heteroatoms. The standard InChI is InChI=1S/C24H29ClN2O4/c1-3-13-31-22-20(25)14-18(15-21(22)30-4-2)24(29)27-12-8-9-17(16-27)23(28)26-19-10-6-5-7-11-19/h5-7,10-11,14-15,17H,3-4,8-9,12-13,16H2,1-2H3,(H,26,28). The number of amides is 2. The highest BCUT2D eigenvalue weighted by Crippen LogP contribution is 2.37. The van der Waals surface area contributed by atoms with Crippen molar-refractivity contribution < 1.29 is 19.1 Å². The molecule has 1 heterocycles. The lowest BCUT2D eigenvalue weighted by atomic mass is 9.96. The molecule has 0 bridgehead atoms. The maximum Gasteiger partial charge on any atom is 0.254 e. The largest absolute Gasteiger partial charge is 0.490 e. The van der Waals surface area contributed by atoms with Gasteiger partial charge in [-0.05, 0) is 50.5 Å². The highest BCUT2D eigenvalue weighted by atomic mass is 35.5. The summed E-state index contributed by atoms with van der Waals surface area (Å²) in [6, 6.07) is 12.6. The van der Waals surface area contributed by atoms with Crippen molar-refractivity contribution in [3.05, 3.63) is 53.1 Å². The molecule has 3 rings (SSSR count). The van der Waals surface area contributed by atoms with Gasteiger partial charge in [0.2, 0.25) is 5.91 Å². The van der Waals surface area contributed by atoms with Crippen LogP contribution in [0.15, 0.2) is 42.5 Å². The molecule has 2 amide bonds. The molecule has 1 atom stereocenters. The number of hydrogen-bond acceptors (Lipinski definition) is 4. The Morgan fingerprint density at radius 1 is 1.16 bits per heavy atom. The number of hydrogen-bond donors (Lipinski definition) is 1. The second-order valence-corrected chi connectivity index (χ2v) is 7.92. The first-order valence-electron chi connectivity index (χ1n) is 10.8. The van der Waals surface area contributed by atoms with Crippen LogP contribution in [0.1, 0.15) is 43.5 Å². The molecular weight excluding hydrogens is 416 g/mol. The number of likely N-dealkylation sites (tertiary alicyclic amines) is 1. The van der Waals surface area contributed by atoms with E-state index in [0.717, 1.165) is 24.9 Å². The Bertz CT molecular complexity index is 904. The molecule has 0 aliphatic carbocycles. The number of benzene rings is 2. The average molecular weight is 445 g/mol. The third-order valence-corrected chi connectivity index (χ3v) is 5.41. The second kappa shape index (κ2) is 11.0. The van der Waals surface area contributed by atoms with E-state index in [1.807, 2.05) is 44.2 Å². The Balaban J connectivity index is 1.73.